The molecule has 0 fully saturated rings. The Bertz CT molecular complexity index is 298. The van der Waals surface area contributed by atoms with Crippen LogP contribution in [0, 0.1) is 5.92 Å². The molecule has 0 aliphatic carbocycles. The van der Waals surface area contributed by atoms with Crippen LogP contribution >= 0.6 is 11.6 Å². The van der Waals surface area contributed by atoms with Crippen molar-refractivity contribution in [2.24, 2.45) is 5.92 Å². The van der Waals surface area contributed by atoms with Crippen molar-refractivity contribution in [2.75, 3.05) is 6.54 Å². The first-order valence-electron chi connectivity index (χ1n) is 5.83. The molecule has 1 atom stereocenters. The lowest BCUT2D eigenvalue weighted by Gasteiger charge is -2.21. The van der Waals surface area contributed by atoms with Gasteiger partial charge in [0.1, 0.15) is 5.82 Å². The molecule has 90 valence electrons. The van der Waals surface area contributed by atoms with Gasteiger partial charge in [-0.15, -0.1) is 0 Å². The Hall–Kier alpha value is -0.670. The molecule has 1 heterocycles. The standard InChI is InChI=1S/C12H20ClN3/c1-4-5-14-11(9(2)3)6-12-15-7-10(13)8-16-12/h7-9,11,14H,4-6H2,1-3H3. The summed E-state index contributed by atoms with van der Waals surface area (Å²) in [6.07, 6.45) is 5.31. The van der Waals surface area contributed by atoms with Crippen molar-refractivity contribution in [3.8, 4) is 0 Å². The van der Waals surface area contributed by atoms with Gasteiger partial charge in [0.05, 0.1) is 5.02 Å². The summed E-state index contributed by atoms with van der Waals surface area (Å²) in [5.41, 5.74) is 0. The van der Waals surface area contributed by atoms with Crippen LogP contribution in [0.15, 0.2) is 12.4 Å². The summed E-state index contributed by atoms with van der Waals surface area (Å²) in [6.45, 7) is 7.63. The zero-order valence-corrected chi connectivity index (χ0v) is 11.0. The fourth-order valence-electron chi connectivity index (χ4n) is 1.51. The highest BCUT2D eigenvalue weighted by molar-refractivity contribution is 6.30. The maximum Gasteiger partial charge on any atom is 0.129 e. The van der Waals surface area contributed by atoms with E-state index in [1.165, 1.54) is 0 Å². The van der Waals surface area contributed by atoms with E-state index in [2.05, 4.69) is 36.1 Å². The monoisotopic (exact) mass is 241 g/mol. The smallest absolute Gasteiger partial charge is 0.129 e. The first kappa shape index (κ1) is 13.4. The minimum Gasteiger partial charge on any atom is -0.313 e. The number of nitrogens with one attached hydrogen (secondary N) is 1. The van der Waals surface area contributed by atoms with Crippen LogP contribution in [0.2, 0.25) is 5.02 Å². The lowest BCUT2D eigenvalue weighted by molar-refractivity contribution is 0.391. The summed E-state index contributed by atoms with van der Waals surface area (Å²) in [5.74, 6) is 1.43. The van der Waals surface area contributed by atoms with E-state index in [-0.39, 0.29) is 0 Å². The average Bonchev–Trinajstić information content (AvgIpc) is 2.26. The molecule has 1 N–H and O–H groups in total. The van der Waals surface area contributed by atoms with Gasteiger partial charge in [-0.05, 0) is 18.9 Å². The molecule has 0 aliphatic heterocycles. The molecule has 3 nitrogen and oxygen atoms in total. The van der Waals surface area contributed by atoms with E-state index in [0.717, 1.165) is 25.2 Å². The first-order valence-corrected chi connectivity index (χ1v) is 6.21. The molecule has 0 saturated carbocycles. The Kier molecular flexibility index (Phi) is 5.71. The van der Waals surface area contributed by atoms with Crippen molar-refractivity contribution in [2.45, 2.75) is 39.7 Å². The highest BCUT2D eigenvalue weighted by atomic mass is 35.5. The average molecular weight is 242 g/mol. The molecule has 0 bridgehead atoms. The van der Waals surface area contributed by atoms with Gasteiger partial charge in [0.25, 0.3) is 0 Å². The van der Waals surface area contributed by atoms with Crippen molar-refractivity contribution in [1.82, 2.24) is 15.3 Å². The first-order chi connectivity index (χ1) is 7.63. The Morgan fingerprint density at radius 1 is 1.31 bits per heavy atom. The van der Waals surface area contributed by atoms with E-state index >= 15 is 0 Å². The van der Waals surface area contributed by atoms with Gasteiger partial charge in [0, 0.05) is 24.9 Å². The number of hydrogen-bond donors (Lipinski definition) is 1. The SMILES string of the molecule is CCCNC(Cc1ncc(Cl)cn1)C(C)C. The van der Waals surface area contributed by atoms with Crippen LogP contribution in [0.1, 0.15) is 33.0 Å². The zero-order chi connectivity index (χ0) is 12.0. The van der Waals surface area contributed by atoms with Gasteiger partial charge in [-0.25, -0.2) is 9.97 Å². The Labute approximate surface area is 103 Å². The summed E-state index contributed by atoms with van der Waals surface area (Å²) < 4.78 is 0. The van der Waals surface area contributed by atoms with Gasteiger partial charge in [-0.2, -0.15) is 0 Å². The number of aromatic nitrogens is 2. The molecule has 0 saturated heterocycles. The maximum atomic E-state index is 5.75. The van der Waals surface area contributed by atoms with Crippen LogP contribution in [-0.2, 0) is 6.42 Å². The van der Waals surface area contributed by atoms with Crippen molar-refractivity contribution in [3.63, 3.8) is 0 Å². The number of nitrogens with zero attached hydrogens (tertiary/aromatic N) is 2. The second-order valence-electron chi connectivity index (χ2n) is 4.33. The van der Waals surface area contributed by atoms with E-state index in [1.54, 1.807) is 12.4 Å². The molecular formula is C12H20ClN3. The van der Waals surface area contributed by atoms with Crippen LogP contribution in [-0.4, -0.2) is 22.6 Å². The third-order valence-corrected chi connectivity index (χ3v) is 2.73. The Morgan fingerprint density at radius 2 is 1.94 bits per heavy atom. The Balaban J connectivity index is 2.57. The van der Waals surface area contributed by atoms with E-state index < -0.39 is 0 Å². The molecule has 0 aliphatic rings. The second-order valence-corrected chi connectivity index (χ2v) is 4.76. The molecule has 0 radical (unpaired) electrons. The lowest BCUT2D eigenvalue weighted by atomic mass is 10.0. The Morgan fingerprint density at radius 3 is 2.44 bits per heavy atom. The number of rotatable bonds is 6. The highest BCUT2D eigenvalue weighted by Gasteiger charge is 2.14. The van der Waals surface area contributed by atoms with Gasteiger partial charge in [-0.3, -0.25) is 0 Å². The van der Waals surface area contributed by atoms with Crippen molar-refractivity contribution < 1.29 is 0 Å². The van der Waals surface area contributed by atoms with Crippen LogP contribution < -0.4 is 5.32 Å². The van der Waals surface area contributed by atoms with Crippen molar-refractivity contribution >= 4 is 11.6 Å². The molecule has 1 aromatic heterocycles. The quantitative estimate of drug-likeness (QED) is 0.832. The number of hydrogen-bond acceptors (Lipinski definition) is 3. The molecule has 0 spiro atoms. The van der Waals surface area contributed by atoms with E-state index in [9.17, 15) is 0 Å². The predicted octanol–water partition coefficient (Wildman–Crippen LogP) is 2.70. The summed E-state index contributed by atoms with van der Waals surface area (Å²) in [5, 5.41) is 4.11. The summed E-state index contributed by atoms with van der Waals surface area (Å²) in [7, 11) is 0. The number of halogens is 1. The molecule has 16 heavy (non-hydrogen) atoms. The molecule has 1 unspecified atom stereocenters. The van der Waals surface area contributed by atoms with Crippen molar-refractivity contribution in [3.05, 3.63) is 23.2 Å². The van der Waals surface area contributed by atoms with Gasteiger partial charge in [-0.1, -0.05) is 32.4 Å². The molecular weight excluding hydrogens is 222 g/mol. The van der Waals surface area contributed by atoms with Gasteiger partial charge in [0.2, 0.25) is 0 Å². The van der Waals surface area contributed by atoms with Crippen LogP contribution in [0.3, 0.4) is 0 Å². The summed E-state index contributed by atoms with van der Waals surface area (Å²) >= 11 is 5.75. The molecule has 1 aromatic rings. The van der Waals surface area contributed by atoms with E-state index in [0.29, 0.717) is 17.0 Å². The maximum absolute atomic E-state index is 5.75. The summed E-state index contributed by atoms with van der Waals surface area (Å²) in [6, 6.07) is 0.432. The van der Waals surface area contributed by atoms with E-state index in [4.69, 9.17) is 11.6 Å². The highest BCUT2D eigenvalue weighted by Crippen LogP contribution is 2.09. The fraction of sp³-hybridized carbons (Fsp3) is 0.667. The molecule has 1 rings (SSSR count). The minimum absolute atomic E-state index is 0.432. The molecule has 4 heteroatoms. The second kappa shape index (κ2) is 6.81. The minimum atomic E-state index is 0.432. The van der Waals surface area contributed by atoms with Crippen LogP contribution in [0.5, 0.6) is 0 Å². The summed E-state index contributed by atoms with van der Waals surface area (Å²) in [4.78, 5) is 8.45. The van der Waals surface area contributed by atoms with Crippen LogP contribution in [0.25, 0.3) is 0 Å². The van der Waals surface area contributed by atoms with Crippen LogP contribution in [0.4, 0.5) is 0 Å². The lowest BCUT2D eigenvalue weighted by Crippen LogP contribution is -2.36. The molecule has 0 amide bonds. The van der Waals surface area contributed by atoms with Crippen molar-refractivity contribution in [1.29, 1.82) is 0 Å². The molecule has 0 aromatic carbocycles. The third-order valence-electron chi connectivity index (χ3n) is 2.54. The third kappa shape index (κ3) is 4.45. The fourth-order valence-corrected chi connectivity index (χ4v) is 1.61. The van der Waals surface area contributed by atoms with E-state index in [1.807, 2.05) is 0 Å². The largest absolute Gasteiger partial charge is 0.313 e. The predicted molar refractivity (Wildman–Crippen MR) is 67.7 cm³/mol. The van der Waals surface area contributed by atoms with Gasteiger partial charge in [0.15, 0.2) is 0 Å². The normalized spacial score (nSPS) is 13.1. The van der Waals surface area contributed by atoms with Gasteiger partial charge < -0.3 is 5.32 Å². The topological polar surface area (TPSA) is 37.8 Å². The zero-order valence-electron chi connectivity index (χ0n) is 10.2. The van der Waals surface area contributed by atoms with Gasteiger partial charge >= 0.3 is 0 Å².